The number of nitrogens with zero attached hydrogens (tertiary/aromatic N) is 6. The minimum atomic E-state index is -0.501. The predicted octanol–water partition coefficient (Wildman–Crippen LogP) is 9.29. The highest BCUT2D eigenvalue weighted by molar-refractivity contribution is 6.26. The molecule has 6 aromatic rings. The molecular weight excluding hydrogens is 668 g/mol. The molecule has 0 fully saturated rings. The number of aliphatic imine (C=N–C) groups is 2. The first kappa shape index (κ1) is 31.5. The number of hydrogen-bond acceptors (Lipinski definition) is 10. The molecule has 0 saturated carbocycles. The van der Waals surface area contributed by atoms with Crippen molar-refractivity contribution < 1.29 is 19.7 Å². The number of non-ortho nitro benzene ring substituents is 4. The van der Waals surface area contributed by atoms with Crippen LogP contribution in [0.1, 0.15) is 22.3 Å². The van der Waals surface area contributed by atoms with Crippen LogP contribution in [0.25, 0.3) is 33.4 Å². The van der Waals surface area contributed by atoms with Gasteiger partial charge in [-0.3, -0.25) is 40.5 Å². The number of rotatable bonds is 7. The van der Waals surface area contributed by atoms with Gasteiger partial charge in [-0.15, -0.1) is 0 Å². The summed E-state index contributed by atoms with van der Waals surface area (Å²) in [5.41, 5.74) is 7.79. The van der Waals surface area contributed by atoms with E-state index in [1.54, 1.807) is 48.5 Å². The minimum Gasteiger partial charge on any atom is -0.258 e. The van der Waals surface area contributed by atoms with Crippen molar-refractivity contribution in [2.24, 2.45) is 9.98 Å². The van der Waals surface area contributed by atoms with Crippen LogP contribution in [-0.2, 0) is 0 Å². The van der Waals surface area contributed by atoms with Gasteiger partial charge < -0.3 is 0 Å². The third kappa shape index (κ3) is 5.32. The second kappa shape index (κ2) is 12.0. The molecule has 0 amide bonds. The van der Waals surface area contributed by atoms with Crippen LogP contribution in [0.4, 0.5) is 34.1 Å². The van der Waals surface area contributed by atoms with Crippen molar-refractivity contribution in [2.45, 2.75) is 0 Å². The van der Waals surface area contributed by atoms with Gasteiger partial charge in [0.05, 0.1) is 42.5 Å². The molecule has 0 spiro atoms. The summed E-state index contributed by atoms with van der Waals surface area (Å²) in [4.78, 5) is 53.8. The molecule has 14 heteroatoms. The number of hydrogen-bond donors (Lipinski definition) is 0. The molecule has 2 aliphatic rings. The lowest BCUT2D eigenvalue weighted by atomic mass is 10.0. The van der Waals surface area contributed by atoms with E-state index >= 15 is 0 Å². The standard InChI is InChI=1S/C38H20N6O8/c45-41(46)25-9-13-29-30-14-10-26(42(47)48)18-34(30)37(33(29)17-25)39-23-5-1-21(2-6-23)22-3-7-24(8-4-22)40-38-35-19-27(43(49)50)11-15-31(35)32-16-12-28(44(51)52)20-36(32)38/h1-20H. The van der Waals surface area contributed by atoms with E-state index in [0.717, 1.165) is 11.1 Å². The van der Waals surface area contributed by atoms with Crippen molar-refractivity contribution in [3.63, 3.8) is 0 Å². The van der Waals surface area contributed by atoms with Crippen molar-refractivity contribution >= 4 is 45.5 Å². The maximum Gasteiger partial charge on any atom is 0.270 e. The molecule has 0 N–H and O–H groups in total. The van der Waals surface area contributed by atoms with Gasteiger partial charge in [-0.1, -0.05) is 24.3 Å². The minimum absolute atomic E-state index is 0.123. The van der Waals surface area contributed by atoms with Gasteiger partial charge in [-0.05, 0) is 81.9 Å². The van der Waals surface area contributed by atoms with E-state index in [0.29, 0.717) is 67.3 Å². The van der Waals surface area contributed by atoms with Gasteiger partial charge in [0.15, 0.2) is 0 Å². The van der Waals surface area contributed by atoms with E-state index in [4.69, 9.17) is 9.98 Å². The first-order valence-corrected chi connectivity index (χ1v) is 15.6. The molecule has 250 valence electrons. The Morgan fingerprint density at radius 3 is 0.808 bits per heavy atom. The maximum atomic E-state index is 11.6. The van der Waals surface area contributed by atoms with Crippen LogP contribution in [0, 0.1) is 40.5 Å². The summed E-state index contributed by atoms with van der Waals surface area (Å²) >= 11 is 0. The van der Waals surface area contributed by atoms with E-state index in [1.165, 1.54) is 48.5 Å². The fourth-order valence-electron chi connectivity index (χ4n) is 6.55. The molecule has 0 saturated heterocycles. The first-order chi connectivity index (χ1) is 25.0. The first-order valence-electron chi connectivity index (χ1n) is 15.6. The van der Waals surface area contributed by atoms with Crippen molar-refractivity contribution in [1.82, 2.24) is 0 Å². The highest BCUT2D eigenvalue weighted by Gasteiger charge is 2.30. The van der Waals surface area contributed by atoms with Gasteiger partial charge in [0.2, 0.25) is 0 Å². The maximum absolute atomic E-state index is 11.6. The lowest BCUT2D eigenvalue weighted by Crippen LogP contribution is -2.00. The zero-order valence-corrected chi connectivity index (χ0v) is 26.5. The topological polar surface area (TPSA) is 197 Å². The largest absolute Gasteiger partial charge is 0.270 e. The van der Waals surface area contributed by atoms with E-state index in [9.17, 15) is 40.5 Å². The monoisotopic (exact) mass is 688 g/mol. The normalized spacial score (nSPS) is 12.0. The number of benzene rings is 6. The molecule has 14 nitrogen and oxygen atoms in total. The van der Waals surface area contributed by atoms with Crippen LogP contribution in [0.15, 0.2) is 131 Å². The molecule has 6 aromatic carbocycles. The smallest absolute Gasteiger partial charge is 0.258 e. The van der Waals surface area contributed by atoms with Crippen LogP contribution >= 0.6 is 0 Å². The number of nitro groups is 4. The second-order valence-corrected chi connectivity index (χ2v) is 12.0. The van der Waals surface area contributed by atoms with E-state index in [2.05, 4.69) is 0 Å². The summed E-state index contributed by atoms with van der Waals surface area (Å²) in [6, 6.07) is 32.2. The van der Waals surface area contributed by atoms with E-state index in [1.807, 2.05) is 24.3 Å². The fraction of sp³-hybridized carbons (Fsp3) is 0. The van der Waals surface area contributed by atoms with Crippen molar-refractivity contribution in [1.29, 1.82) is 0 Å². The molecular formula is C38H20N6O8. The summed E-state index contributed by atoms with van der Waals surface area (Å²) in [5.74, 6) is 0. The predicted molar refractivity (Wildman–Crippen MR) is 193 cm³/mol. The molecule has 0 aromatic heterocycles. The van der Waals surface area contributed by atoms with Crippen LogP contribution in [0.5, 0.6) is 0 Å². The Hall–Kier alpha value is -7.74. The van der Waals surface area contributed by atoms with Crippen molar-refractivity contribution in [3.05, 3.63) is 184 Å². The van der Waals surface area contributed by atoms with E-state index in [-0.39, 0.29) is 22.7 Å². The summed E-state index contributed by atoms with van der Waals surface area (Å²) < 4.78 is 0. The average Bonchev–Trinajstić information content (AvgIpc) is 3.62. The Kier molecular flexibility index (Phi) is 7.27. The third-order valence-corrected chi connectivity index (χ3v) is 9.01. The van der Waals surface area contributed by atoms with Crippen LogP contribution in [0.3, 0.4) is 0 Å². The lowest BCUT2D eigenvalue weighted by molar-refractivity contribution is -0.385. The Morgan fingerprint density at radius 2 is 0.577 bits per heavy atom. The van der Waals surface area contributed by atoms with Gasteiger partial charge in [0, 0.05) is 70.8 Å². The molecule has 2 aliphatic carbocycles. The van der Waals surface area contributed by atoms with E-state index < -0.39 is 19.7 Å². The Labute approximate surface area is 292 Å². The van der Waals surface area contributed by atoms with Gasteiger partial charge >= 0.3 is 0 Å². The van der Waals surface area contributed by atoms with Crippen molar-refractivity contribution in [3.8, 4) is 33.4 Å². The van der Waals surface area contributed by atoms with Gasteiger partial charge in [0.25, 0.3) is 22.7 Å². The highest BCUT2D eigenvalue weighted by atomic mass is 16.6. The molecule has 0 atom stereocenters. The zero-order valence-electron chi connectivity index (χ0n) is 26.5. The van der Waals surface area contributed by atoms with Gasteiger partial charge in [-0.25, -0.2) is 9.98 Å². The summed E-state index contributed by atoms with van der Waals surface area (Å²) in [6.07, 6.45) is 0. The summed E-state index contributed by atoms with van der Waals surface area (Å²) in [7, 11) is 0. The third-order valence-electron chi connectivity index (χ3n) is 9.01. The van der Waals surface area contributed by atoms with Gasteiger partial charge in [0.1, 0.15) is 0 Å². The molecule has 0 unspecified atom stereocenters. The van der Waals surface area contributed by atoms with Crippen LogP contribution in [-0.4, -0.2) is 31.1 Å². The van der Waals surface area contributed by atoms with Crippen molar-refractivity contribution in [2.75, 3.05) is 0 Å². The highest BCUT2D eigenvalue weighted by Crippen LogP contribution is 2.43. The second-order valence-electron chi connectivity index (χ2n) is 12.0. The van der Waals surface area contributed by atoms with Gasteiger partial charge in [-0.2, -0.15) is 0 Å². The Balaban J connectivity index is 1.12. The summed E-state index contributed by atoms with van der Waals surface area (Å²) in [6.45, 7) is 0. The lowest BCUT2D eigenvalue weighted by Gasteiger charge is -2.06. The number of nitro benzene ring substituents is 4. The zero-order chi connectivity index (χ0) is 36.3. The quantitative estimate of drug-likeness (QED) is 0.116. The molecule has 0 heterocycles. The molecule has 0 aliphatic heterocycles. The Morgan fingerprint density at radius 1 is 0.327 bits per heavy atom. The molecule has 8 rings (SSSR count). The molecule has 0 radical (unpaired) electrons. The summed E-state index contributed by atoms with van der Waals surface area (Å²) in [5, 5.41) is 46.2. The average molecular weight is 689 g/mol. The van der Waals surface area contributed by atoms with Crippen LogP contribution < -0.4 is 0 Å². The van der Waals surface area contributed by atoms with Crippen LogP contribution in [0.2, 0.25) is 0 Å². The number of fused-ring (bicyclic) bond motifs is 6. The molecule has 0 bridgehead atoms. The SMILES string of the molecule is O=[N+]([O-])c1ccc2c(c1)C(=Nc1ccc(-c3ccc(N=C4c5cc([N+](=O)[O-])ccc5-c5ccc([N+](=O)[O-])cc54)cc3)cc1)c1cc([N+](=O)[O-])ccc1-2. The fourth-order valence-corrected chi connectivity index (χ4v) is 6.55. The molecule has 52 heavy (non-hydrogen) atoms. The Bertz CT molecular complexity index is 2320.